The fourth-order valence-corrected chi connectivity index (χ4v) is 3.66. The number of aromatic nitrogens is 1. The van der Waals surface area contributed by atoms with Crippen molar-refractivity contribution in [2.75, 3.05) is 13.1 Å². The third-order valence-electron chi connectivity index (χ3n) is 3.39. The highest BCUT2D eigenvalue weighted by molar-refractivity contribution is 7.89. The Morgan fingerprint density at radius 1 is 1.47 bits per heavy atom. The highest BCUT2D eigenvalue weighted by atomic mass is 32.2. The van der Waals surface area contributed by atoms with Crippen molar-refractivity contribution < 1.29 is 13.5 Å². The molecule has 1 fully saturated rings. The van der Waals surface area contributed by atoms with Gasteiger partial charge in [-0.1, -0.05) is 0 Å². The Bertz CT molecular complexity index is 445. The van der Waals surface area contributed by atoms with Gasteiger partial charge in [0.25, 0.3) is 0 Å². The quantitative estimate of drug-likeness (QED) is 0.842. The lowest BCUT2D eigenvalue weighted by molar-refractivity contribution is 0.0912. The standard InChI is InChI=1S/C11H18N2O3S/c1-9(14)10-3-6-13(7-4-10)17(15,16)11-2-5-12-8-11/h2,5,8-10,12,14H,3-4,6-7H2,1H3. The molecule has 1 aliphatic rings. The third kappa shape index (κ3) is 2.53. The Balaban J connectivity index is 2.07. The number of aliphatic hydroxyl groups is 1. The molecular formula is C11H18N2O3S. The first-order valence-electron chi connectivity index (χ1n) is 5.83. The second kappa shape index (κ2) is 4.80. The summed E-state index contributed by atoms with van der Waals surface area (Å²) in [5.74, 6) is 0.215. The Labute approximate surface area is 102 Å². The van der Waals surface area contributed by atoms with Gasteiger partial charge in [0.1, 0.15) is 0 Å². The molecule has 17 heavy (non-hydrogen) atoms. The summed E-state index contributed by atoms with van der Waals surface area (Å²) in [6.07, 6.45) is 4.20. The van der Waals surface area contributed by atoms with Crippen molar-refractivity contribution in [2.45, 2.75) is 30.8 Å². The van der Waals surface area contributed by atoms with Gasteiger partial charge < -0.3 is 10.1 Å². The number of hydrogen-bond donors (Lipinski definition) is 2. The molecule has 0 saturated carbocycles. The van der Waals surface area contributed by atoms with E-state index in [1.165, 1.54) is 10.5 Å². The van der Waals surface area contributed by atoms with E-state index in [9.17, 15) is 13.5 Å². The van der Waals surface area contributed by atoms with Crippen LogP contribution in [0.2, 0.25) is 0 Å². The van der Waals surface area contributed by atoms with Crippen molar-refractivity contribution in [1.82, 2.24) is 9.29 Å². The molecule has 1 aliphatic heterocycles. The third-order valence-corrected chi connectivity index (χ3v) is 5.28. The van der Waals surface area contributed by atoms with Crippen LogP contribution in [0.25, 0.3) is 0 Å². The van der Waals surface area contributed by atoms with E-state index in [2.05, 4.69) is 4.98 Å². The molecule has 1 unspecified atom stereocenters. The smallest absolute Gasteiger partial charge is 0.244 e. The second-order valence-electron chi connectivity index (χ2n) is 4.53. The SMILES string of the molecule is CC(O)C1CCN(S(=O)(=O)c2cc[nH]c2)CC1. The Morgan fingerprint density at radius 3 is 2.59 bits per heavy atom. The molecule has 2 N–H and O–H groups in total. The number of rotatable bonds is 3. The molecule has 6 heteroatoms. The zero-order chi connectivity index (χ0) is 12.5. The van der Waals surface area contributed by atoms with Gasteiger partial charge in [-0.05, 0) is 31.7 Å². The summed E-state index contributed by atoms with van der Waals surface area (Å²) in [5, 5.41) is 9.48. The predicted octanol–water partition coefficient (Wildman–Crippen LogP) is 0.796. The van der Waals surface area contributed by atoms with Crippen molar-refractivity contribution in [1.29, 1.82) is 0 Å². The molecule has 5 nitrogen and oxygen atoms in total. The molecule has 0 aliphatic carbocycles. The summed E-state index contributed by atoms with van der Waals surface area (Å²) in [6.45, 7) is 2.74. The highest BCUT2D eigenvalue weighted by Gasteiger charge is 2.30. The molecular weight excluding hydrogens is 240 g/mol. The lowest BCUT2D eigenvalue weighted by Crippen LogP contribution is -2.40. The number of aliphatic hydroxyl groups excluding tert-OH is 1. The van der Waals surface area contributed by atoms with E-state index in [4.69, 9.17) is 0 Å². The number of piperidine rings is 1. The molecule has 0 radical (unpaired) electrons. The van der Waals surface area contributed by atoms with Gasteiger partial charge in [-0.2, -0.15) is 4.31 Å². The van der Waals surface area contributed by atoms with Crippen LogP contribution in [0, 0.1) is 5.92 Å². The first-order chi connectivity index (χ1) is 8.01. The summed E-state index contributed by atoms with van der Waals surface area (Å²) in [6, 6.07) is 1.57. The minimum absolute atomic E-state index is 0.215. The van der Waals surface area contributed by atoms with Crippen LogP contribution >= 0.6 is 0 Å². The molecule has 1 aromatic heterocycles. The number of nitrogens with one attached hydrogen (secondary N) is 1. The summed E-state index contributed by atoms with van der Waals surface area (Å²) >= 11 is 0. The van der Waals surface area contributed by atoms with Crippen LogP contribution in [0.3, 0.4) is 0 Å². The van der Waals surface area contributed by atoms with E-state index in [0.717, 1.165) is 12.8 Å². The number of nitrogens with zero attached hydrogens (tertiary/aromatic N) is 1. The lowest BCUT2D eigenvalue weighted by atomic mass is 9.93. The van der Waals surface area contributed by atoms with Gasteiger partial charge in [-0.15, -0.1) is 0 Å². The summed E-state index contributed by atoms with van der Waals surface area (Å²) in [7, 11) is -3.35. The van der Waals surface area contributed by atoms with Crippen molar-refractivity contribution >= 4 is 10.0 Å². The van der Waals surface area contributed by atoms with Crippen LogP contribution in [-0.4, -0.2) is 42.0 Å². The van der Waals surface area contributed by atoms with E-state index in [0.29, 0.717) is 18.0 Å². The number of H-pyrrole nitrogens is 1. The maximum absolute atomic E-state index is 12.2. The monoisotopic (exact) mass is 258 g/mol. The van der Waals surface area contributed by atoms with Gasteiger partial charge in [0.2, 0.25) is 10.0 Å². The van der Waals surface area contributed by atoms with Gasteiger partial charge >= 0.3 is 0 Å². The fraction of sp³-hybridized carbons (Fsp3) is 0.636. The van der Waals surface area contributed by atoms with Crippen LogP contribution in [0.1, 0.15) is 19.8 Å². The van der Waals surface area contributed by atoms with E-state index in [1.54, 1.807) is 19.2 Å². The normalized spacial score (nSPS) is 21.5. The molecule has 1 saturated heterocycles. The average molecular weight is 258 g/mol. The molecule has 2 rings (SSSR count). The van der Waals surface area contributed by atoms with E-state index < -0.39 is 10.0 Å². The van der Waals surface area contributed by atoms with Crippen molar-refractivity contribution in [3.63, 3.8) is 0 Å². The summed E-state index contributed by atoms with van der Waals surface area (Å²) in [4.78, 5) is 3.07. The van der Waals surface area contributed by atoms with Gasteiger partial charge in [-0.25, -0.2) is 8.42 Å². The van der Waals surface area contributed by atoms with Gasteiger partial charge in [0.05, 0.1) is 11.0 Å². The van der Waals surface area contributed by atoms with Gasteiger partial charge in [0.15, 0.2) is 0 Å². The Hall–Kier alpha value is -0.850. The second-order valence-corrected chi connectivity index (χ2v) is 6.47. The highest BCUT2D eigenvalue weighted by Crippen LogP contribution is 2.25. The largest absolute Gasteiger partial charge is 0.393 e. The number of aromatic amines is 1. The minimum Gasteiger partial charge on any atom is -0.393 e. The Morgan fingerprint density at radius 2 is 2.12 bits per heavy atom. The van der Waals surface area contributed by atoms with Crippen LogP contribution in [0.15, 0.2) is 23.4 Å². The average Bonchev–Trinajstić information content (AvgIpc) is 2.83. The zero-order valence-corrected chi connectivity index (χ0v) is 10.7. The first-order valence-corrected chi connectivity index (χ1v) is 7.27. The molecule has 0 amide bonds. The lowest BCUT2D eigenvalue weighted by Gasteiger charge is -2.32. The molecule has 0 aromatic carbocycles. The fourth-order valence-electron chi connectivity index (χ4n) is 2.22. The van der Waals surface area contributed by atoms with Gasteiger partial charge in [0, 0.05) is 25.5 Å². The summed E-state index contributed by atoms with van der Waals surface area (Å²) in [5.41, 5.74) is 0. The molecule has 2 heterocycles. The zero-order valence-electron chi connectivity index (χ0n) is 9.83. The van der Waals surface area contributed by atoms with Crippen LogP contribution in [-0.2, 0) is 10.0 Å². The van der Waals surface area contributed by atoms with Crippen molar-refractivity contribution in [3.8, 4) is 0 Å². The minimum atomic E-state index is -3.35. The predicted molar refractivity (Wildman–Crippen MR) is 64.0 cm³/mol. The molecule has 1 atom stereocenters. The van der Waals surface area contributed by atoms with E-state index in [-0.39, 0.29) is 12.0 Å². The molecule has 1 aromatic rings. The molecule has 96 valence electrons. The maximum atomic E-state index is 12.2. The first kappa shape index (κ1) is 12.6. The Kier molecular flexibility index (Phi) is 3.56. The van der Waals surface area contributed by atoms with Crippen LogP contribution in [0.4, 0.5) is 0 Å². The molecule has 0 bridgehead atoms. The van der Waals surface area contributed by atoms with Gasteiger partial charge in [-0.3, -0.25) is 0 Å². The number of hydrogen-bond acceptors (Lipinski definition) is 3. The van der Waals surface area contributed by atoms with Crippen molar-refractivity contribution in [3.05, 3.63) is 18.5 Å². The maximum Gasteiger partial charge on any atom is 0.244 e. The topological polar surface area (TPSA) is 73.4 Å². The molecule has 0 spiro atoms. The van der Waals surface area contributed by atoms with E-state index >= 15 is 0 Å². The summed E-state index contributed by atoms with van der Waals surface area (Å²) < 4.78 is 25.8. The van der Waals surface area contributed by atoms with Crippen LogP contribution < -0.4 is 0 Å². The number of sulfonamides is 1. The van der Waals surface area contributed by atoms with Crippen LogP contribution in [0.5, 0.6) is 0 Å². The van der Waals surface area contributed by atoms with E-state index in [1.807, 2.05) is 0 Å². The van der Waals surface area contributed by atoms with Crippen molar-refractivity contribution in [2.24, 2.45) is 5.92 Å².